The minimum Gasteiger partial charge on any atom is -0.395 e. The van der Waals surface area contributed by atoms with E-state index >= 15 is 0 Å². The van der Waals surface area contributed by atoms with Gasteiger partial charge in [0, 0.05) is 13.1 Å². The van der Waals surface area contributed by atoms with E-state index in [2.05, 4.69) is 15.0 Å². The molecule has 0 radical (unpaired) electrons. The second-order valence-corrected chi connectivity index (χ2v) is 1.89. The molecule has 0 saturated carbocycles. The van der Waals surface area contributed by atoms with Crippen LogP contribution in [0.3, 0.4) is 0 Å². The Hall–Kier alpha value is -0.910. The highest BCUT2D eigenvalue weighted by atomic mass is 16.5. The molecule has 0 aromatic carbocycles. The molecule has 0 amide bonds. The van der Waals surface area contributed by atoms with E-state index in [0.717, 1.165) is 0 Å². The molecule has 3 N–H and O–H groups in total. The molecule has 0 spiro atoms. The molecule has 12 heavy (non-hydrogen) atoms. The van der Waals surface area contributed by atoms with Gasteiger partial charge in [0.1, 0.15) is 6.26 Å². The van der Waals surface area contributed by atoms with Crippen LogP contribution in [0.25, 0.3) is 0 Å². The minimum atomic E-state index is 0.139. The van der Waals surface area contributed by atoms with Crippen LogP contribution in [-0.4, -0.2) is 41.7 Å². The third-order valence-corrected chi connectivity index (χ3v) is 0.924. The molecule has 1 aromatic rings. The highest BCUT2D eigenvalue weighted by molar-refractivity contribution is 4.67. The lowest BCUT2D eigenvalue weighted by Gasteiger charge is -1.94. The van der Waals surface area contributed by atoms with Gasteiger partial charge in [0.25, 0.3) is 0 Å². The molecule has 1 heterocycles. The van der Waals surface area contributed by atoms with Gasteiger partial charge in [-0.25, -0.2) is 0 Å². The van der Waals surface area contributed by atoms with Crippen LogP contribution < -0.4 is 5.32 Å². The van der Waals surface area contributed by atoms with Crippen molar-refractivity contribution in [1.29, 1.82) is 0 Å². The van der Waals surface area contributed by atoms with Crippen LogP contribution >= 0.6 is 0 Å². The molecule has 0 bridgehead atoms. The quantitative estimate of drug-likeness (QED) is 0.523. The number of nitrogens with one attached hydrogen (secondary N) is 1. The molecule has 0 aliphatic heterocycles. The van der Waals surface area contributed by atoms with Gasteiger partial charge in [-0.15, -0.1) is 0 Å². The first-order valence-corrected chi connectivity index (χ1v) is 3.68. The average molecular weight is 174 g/mol. The van der Waals surface area contributed by atoms with Crippen molar-refractivity contribution in [2.75, 3.05) is 26.3 Å². The molecule has 0 unspecified atom stereocenters. The maximum Gasteiger partial charge on any atom is 0.123 e. The molecule has 0 aliphatic carbocycles. The molecule has 70 valence electrons. The second-order valence-electron chi connectivity index (χ2n) is 1.89. The van der Waals surface area contributed by atoms with Crippen molar-refractivity contribution < 1.29 is 14.7 Å². The van der Waals surface area contributed by atoms with E-state index in [-0.39, 0.29) is 13.2 Å². The summed E-state index contributed by atoms with van der Waals surface area (Å²) in [4.78, 5) is 0. The molecule has 0 atom stereocenters. The number of hydrogen-bond donors (Lipinski definition) is 3. The Morgan fingerprint density at radius 2 is 1.92 bits per heavy atom. The van der Waals surface area contributed by atoms with Crippen LogP contribution in [0.15, 0.2) is 23.0 Å². The fourth-order valence-corrected chi connectivity index (χ4v) is 0.459. The van der Waals surface area contributed by atoms with Crippen LogP contribution in [0.1, 0.15) is 0 Å². The predicted octanol–water partition coefficient (Wildman–Crippen LogP) is -0.765. The van der Waals surface area contributed by atoms with Crippen LogP contribution in [0, 0.1) is 0 Å². The number of hydrogen-bond acceptors (Lipinski definition) is 5. The summed E-state index contributed by atoms with van der Waals surface area (Å²) in [5.41, 5.74) is 0. The zero-order chi connectivity index (χ0) is 9.07. The van der Waals surface area contributed by atoms with Gasteiger partial charge < -0.3 is 20.1 Å². The summed E-state index contributed by atoms with van der Waals surface area (Å²) in [7, 11) is 0. The molecule has 5 nitrogen and oxygen atoms in total. The summed E-state index contributed by atoms with van der Waals surface area (Å²) in [6.45, 7) is 1.42. The molecule has 1 aromatic heterocycles. The Kier molecular flexibility index (Phi) is 9.32. The third-order valence-electron chi connectivity index (χ3n) is 0.924. The van der Waals surface area contributed by atoms with Gasteiger partial charge in [0.05, 0.1) is 19.4 Å². The zero-order valence-electron chi connectivity index (χ0n) is 6.81. The summed E-state index contributed by atoms with van der Waals surface area (Å²) in [5, 5.41) is 22.4. The number of nitrogens with zero attached hydrogens (tertiary/aromatic N) is 1. The second kappa shape index (κ2) is 10.1. The average Bonchev–Trinajstić information content (AvgIpc) is 2.62. The molecule has 5 heteroatoms. The van der Waals surface area contributed by atoms with Gasteiger partial charge in [-0.2, -0.15) is 0 Å². The first kappa shape index (κ1) is 11.1. The lowest BCUT2D eigenvalue weighted by molar-refractivity contribution is 0.267. The minimum absolute atomic E-state index is 0.139. The summed E-state index contributed by atoms with van der Waals surface area (Å²) in [6, 6.07) is 1.72. The first-order chi connectivity index (χ1) is 5.91. The van der Waals surface area contributed by atoms with Gasteiger partial charge in [0.2, 0.25) is 0 Å². The van der Waals surface area contributed by atoms with E-state index in [1.807, 2.05) is 0 Å². The Balaban J connectivity index is 0.000000211. The van der Waals surface area contributed by atoms with Crippen LogP contribution in [0.4, 0.5) is 0 Å². The van der Waals surface area contributed by atoms with Gasteiger partial charge in [0.15, 0.2) is 0 Å². The fourth-order valence-electron chi connectivity index (χ4n) is 0.459. The molecular weight excluding hydrogens is 160 g/mol. The van der Waals surface area contributed by atoms with Crippen molar-refractivity contribution in [3.63, 3.8) is 0 Å². The Labute approximate surface area is 71.0 Å². The number of aliphatic hydroxyl groups is 2. The molecular formula is C7H14N2O3. The Morgan fingerprint density at radius 3 is 2.17 bits per heavy atom. The molecule has 0 saturated heterocycles. The van der Waals surface area contributed by atoms with Gasteiger partial charge in [-0.3, -0.25) is 0 Å². The van der Waals surface area contributed by atoms with Gasteiger partial charge >= 0.3 is 0 Å². The highest BCUT2D eigenvalue weighted by Crippen LogP contribution is 1.72. The Morgan fingerprint density at radius 1 is 1.25 bits per heavy atom. The first-order valence-electron chi connectivity index (χ1n) is 3.68. The third kappa shape index (κ3) is 9.09. The van der Waals surface area contributed by atoms with E-state index in [1.165, 1.54) is 6.26 Å². The molecule has 0 fully saturated rings. The van der Waals surface area contributed by atoms with Crippen molar-refractivity contribution in [3.05, 3.63) is 18.5 Å². The van der Waals surface area contributed by atoms with E-state index in [0.29, 0.717) is 13.1 Å². The summed E-state index contributed by atoms with van der Waals surface area (Å²) in [6.07, 6.45) is 3.10. The Bertz CT molecular complexity index is 123. The van der Waals surface area contributed by atoms with Crippen LogP contribution in [0.5, 0.6) is 0 Å². The summed E-state index contributed by atoms with van der Waals surface area (Å²) >= 11 is 0. The number of aliphatic hydroxyl groups excluding tert-OH is 2. The lowest BCUT2D eigenvalue weighted by atomic mass is 10.6. The standard InChI is InChI=1S/C4H11NO2.C3H3NO/c6-3-1-5-2-4-7;1-2-4-5-3-1/h5-7H,1-4H2;1-3H. The maximum absolute atomic E-state index is 8.15. The van der Waals surface area contributed by atoms with Crippen molar-refractivity contribution in [2.45, 2.75) is 0 Å². The molecule has 0 aliphatic rings. The van der Waals surface area contributed by atoms with Crippen molar-refractivity contribution in [2.24, 2.45) is 0 Å². The predicted molar refractivity (Wildman–Crippen MR) is 43.5 cm³/mol. The fraction of sp³-hybridized carbons (Fsp3) is 0.571. The van der Waals surface area contributed by atoms with E-state index in [4.69, 9.17) is 10.2 Å². The summed E-state index contributed by atoms with van der Waals surface area (Å²) < 4.78 is 4.33. The van der Waals surface area contributed by atoms with Crippen molar-refractivity contribution in [3.8, 4) is 0 Å². The largest absolute Gasteiger partial charge is 0.395 e. The highest BCUT2D eigenvalue weighted by Gasteiger charge is 1.78. The monoisotopic (exact) mass is 174 g/mol. The smallest absolute Gasteiger partial charge is 0.123 e. The normalized spacial score (nSPS) is 8.83. The van der Waals surface area contributed by atoms with E-state index < -0.39 is 0 Å². The van der Waals surface area contributed by atoms with E-state index in [9.17, 15) is 0 Å². The molecule has 1 rings (SSSR count). The number of rotatable bonds is 4. The van der Waals surface area contributed by atoms with Crippen molar-refractivity contribution >= 4 is 0 Å². The van der Waals surface area contributed by atoms with E-state index in [1.54, 1.807) is 12.3 Å². The zero-order valence-corrected chi connectivity index (χ0v) is 6.81. The van der Waals surface area contributed by atoms with Crippen LogP contribution in [0.2, 0.25) is 0 Å². The SMILES string of the molecule is OCCNCCO.c1cnoc1. The topological polar surface area (TPSA) is 78.5 Å². The van der Waals surface area contributed by atoms with Gasteiger partial charge in [-0.1, -0.05) is 5.16 Å². The van der Waals surface area contributed by atoms with Gasteiger partial charge in [-0.05, 0) is 6.07 Å². The van der Waals surface area contributed by atoms with Crippen molar-refractivity contribution in [1.82, 2.24) is 10.5 Å². The maximum atomic E-state index is 8.15. The summed E-state index contributed by atoms with van der Waals surface area (Å²) in [5.74, 6) is 0. The number of aromatic nitrogens is 1. The lowest BCUT2D eigenvalue weighted by Crippen LogP contribution is -2.21. The van der Waals surface area contributed by atoms with Crippen LogP contribution in [-0.2, 0) is 0 Å².